The van der Waals surface area contributed by atoms with Gasteiger partial charge in [0.2, 0.25) is 10.0 Å². The van der Waals surface area contributed by atoms with E-state index in [0.29, 0.717) is 5.39 Å². The molecule has 2 rings (SSSR count). The molecule has 1 heterocycles. The third-order valence-electron chi connectivity index (χ3n) is 3.60. The fourth-order valence-corrected chi connectivity index (χ4v) is 4.26. The van der Waals surface area contributed by atoms with E-state index in [4.69, 9.17) is 5.11 Å². The van der Waals surface area contributed by atoms with Gasteiger partial charge in [0, 0.05) is 23.0 Å². The first-order valence-corrected chi connectivity index (χ1v) is 8.83. The van der Waals surface area contributed by atoms with E-state index < -0.39 is 34.5 Å². The van der Waals surface area contributed by atoms with Crippen LogP contribution in [0.5, 0.6) is 0 Å². The highest BCUT2D eigenvalue weighted by Gasteiger charge is 2.31. The van der Waals surface area contributed by atoms with Crippen LogP contribution in [0.1, 0.15) is 24.3 Å². The number of nitrogens with zero attached hydrogens (tertiary/aromatic N) is 2. The van der Waals surface area contributed by atoms with E-state index in [1.807, 2.05) is 0 Å². The summed E-state index contributed by atoms with van der Waals surface area (Å²) in [5.74, 6) is -1.94. The van der Waals surface area contributed by atoms with Crippen LogP contribution in [-0.4, -0.2) is 54.4 Å². The normalized spacial score (nSPS) is 11.9. The molecule has 2 aromatic rings. The average molecular weight is 366 g/mol. The number of sulfonamides is 1. The lowest BCUT2D eigenvalue weighted by molar-refractivity contribution is -0.137. The Hall–Kier alpha value is -2.52. The summed E-state index contributed by atoms with van der Waals surface area (Å²) >= 11 is 0. The Balaban J connectivity index is 2.72. The van der Waals surface area contributed by atoms with Crippen LogP contribution in [0.15, 0.2) is 35.4 Å². The van der Waals surface area contributed by atoms with Crippen molar-refractivity contribution in [2.45, 2.75) is 24.8 Å². The lowest BCUT2D eigenvalue weighted by Gasteiger charge is -2.24. The molecule has 0 bridgehead atoms. The van der Waals surface area contributed by atoms with Gasteiger partial charge in [-0.3, -0.25) is 4.79 Å². The van der Waals surface area contributed by atoms with Crippen LogP contribution in [0, 0.1) is 0 Å². The molecule has 0 saturated heterocycles. The number of aliphatic carboxylic acids is 1. The van der Waals surface area contributed by atoms with Gasteiger partial charge in [0.15, 0.2) is 5.69 Å². The van der Waals surface area contributed by atoms with Gasteiger partial charge in [0.05, 0.1) is 12.0 Å². The van der Waals surface area contributed by atoms with Gasteiger partial charge in [0.25, 0.3) is 0 Å². The molecule has 1 aromatic heterocycles. The lowest BCUT2D eigenvalue weighted by Crippen LogP contribution is -2.40. The molecule has 0 radical (unpaired) electrons. The van der Waals surface area contributed by atoms with E-state index in [2.05, 4.69) is 9.72 Å². The highest BCUT2D eigenvalue weighted by Crippen LogP contribution is 2.28. The number of esters is 1. The van der Waals surface area contributed by atoms with Gasteiger partial charge in [-0.25, -0.2) is 18.2 Å². The number of pyridine rings is 1. The standard InChI is InChI=1S/C16H18N2O6S/c1-10(2)18(9-14(19)20)25(22,23)13-6-4-5-12-11(13)7-8-17-15(12)16(21)24-3/h4-8,10H,9H2,1-3H3,(H,19,20). The van der Waals surface area contributed by atoms with Crippen LogP contribution >= 0.6 is 0 Å². The molecule has 0 aliphatic carbocycles. The van der Waals surface area contributed by atoms with Gasteiger partial charge >= 0.3 is 11.9 Å². The van der Waals surface area contributed by atoms with Gasteiger partial charge in [0.1, 0.15) is 6.54 Å². The van der Waals surface area contributed by atoms with Crippen LogP contribution in [0.3, 0.4) is 0 Å². The molecule has 0 aliphatic rings. The predicted octanol–water partition coefficient (Wildman–Crippen LogP) is 1.51. The Morgan fingerprint density at radius 2 is 1.92 bits per heavy atom. The number of carbonyl (C=O) groups is 2. The Bertz CT molecular complexity index is 923. The smallest absolute Gasteiger partial charge is 0.357 e. The SMILES string of the molecule is COC(=O)c1nccc2c(S(=O)(=O)N(CC(=O)O)C(C)C)cccc12. The van der Waals surface area contributed by atoms with Crippen LogP contribution < -0.4 is 0 Å². The Morgan fingerprint density at radius 1 is 1.24 bits per heavy atom. The molecule has 1 aromatic carbocycles. The first kappa shape index (κ1) is 18.8. The maximum absolute atomic E-state index is 13.0. The number of carboxylic acids is 1. The van der Waals surface area contributed by atoms with Crippen molar-refractivity contribution in [2.24, 2.45) is 0 Å². The number of methoxy groups -OCH3 is 1. The van der Waals surface area contributed by atoms with E-state index in [1.54, 1.807) is 19.9 Å². The topological polar surface area (TPSA) is 114 Å². The summed E-state index contributed by atoms with van der Waals surface area (Å²) in [4.78, 5) is 26.8. The minimum atomic E-state index is -4.10. The molecule has 0 atom stereocenters. The zero-order chi connectivity index (χ0) is 18.8. The van der Waals surface area contributed by atoms with Crippen molar-refractivity contribution >= 4 is 32.7 Å². The van der Waals surface area contributed by atoms with Crippen molar-refractivity contribution < 1.29 is 27.9 Å². The van der Waals surface area contributed by atoms with E-state index in [9.17, 15) is 18.0 Å². The van der Waals surface area contributed by atoms with Crippen molar-refractivity contribution in [1.82, 2.24) is 9.29 Å². The number of hydrogen-bond donors (Lipinski definition) is 1. The van der Waals surface area contributed by atoms with Gasteiger partial charge in [-0.15, -0.1) is 0 Å². The number of carbonyl (C=O) groups excluding carboxylic acids is 1. The number of aromatic nitrogens is 1. The summed E-state index contributed by atoms with van der Waals surface area (Å²) in [7, 11) is -2.89. The fraction of sp³-hybridized carbons (Fsp3) is 0.312. The van der Waals surface area contributed by atoms with Crippen LogP contribution in [0.4, 0.5) is 0 Å². The van der Waals surface area contributed by atoms with Gasteiger partial charge in [-0.2, -0.15) is 4.31 Å². The van der Waals surface area contributed by atoms with Crippen LogP contribution in [0.2, 0.25) is 0 Å². The summed E-state index contributed by atoms with van der Waals surface area (Å²) < 4.78 is 31.6. The average Bonchev–Trinajstić information content (AvgIpc) is 2.57. The minimum Gasteiger partial charge on any atom is -0.480 e. The number of ether oxygens (including phenoxy) is 1. The summed E-state index contributed by atoms with van der Waals surface area (Å²) in [5.41, 5.74) is -0.00798. The number of rotatable bonds is 6. The Morgan fingerprint density at radius 3 is 2.48 bits per heavy atom. The molecular weight excluding hydrogens is 348 g/mol. The molecule has 8 nitrogen and oxygen atoms in total. The van der Waals surface area contributed by atoms with Gasteiger partial charge in [-0.1, -0.05) is 12.1 Å². The zero-order valence-electron chi connectivity index (χ0n) is 14.0. The van der Waals surface area contributed by atoms with Crippen molar-refractivity contribution in [1.29, 1.82) is 0 Å². The predicted molar refractivity (Wildman–Crippen MR) is 89.7 cm³/mol. The summed E-state index contributed by atoms with van der Waals surface area (Å²) in [6.45, 7) is 2.52. The lowest BCUT2D eigenvalue weighted by atomic mass is 10.1. The van der Waals surface area contributed by atoms with E-state index in [1.165, 1.54) is 31.5 Å². The maximum atomic E-state index is 13.0. The second kappa shape index (κ2) is 7.16. The quantitative estimate of drug-likeness (QED) is 0.771. The highest BCUT2D eigenvalue weighted by atomic mass is 32.2. The van der Waals surface area contributed by atoms with E-state index in [0.717, 1.165) is 4.31 Å². The largest absolute Gasteiger partial charge is 0.480 e. The third-order valence-corrected chi connectivity index (χ3v) is 5.68. The number of hydrogen-bond acceptors (Lipinski definition) is 6. The zero-order valence-corrected chi connectivity index (χ0v) is 14.8. The van der Waals surface area contributed by atoms with Gasteiger partial charge < -0.3 is 9.84 Å². The van der Waals surface area contributed by atoms with Crippen molar-refractivity contribution in [2.75, 3.05) is 13.7 Å². The van der Waals surface area contributed by atoms with E-state index >= 15 is 0 Å². The van der Waals surface area contributed by atoms with Gasteiger partial charge in [-0.05, 0) is 26.0 Å². The maximum Gasteiger partial charge on any atom is 0.357 e. The summed E-state index contributed by atoms with van der Waals surface area (Å²) in [6.07, 6.45) is 1.31. The number of fused-ring (bicyclic) bond motifs is 1. The minimum absolute atomic E-state index is 0.00798. The molecule has 1 N–H and O–H groups in total. The van der Waals surface area contributed by atoms with Crippen molar-refractivity contribution in [3.63, 3.8) is 0 Å². The van der Waals surface area contributed by atoms with E-state index in [-0.39, 0.29) is 16.0 Å². The Kier molecular flexibility index (Phi) is 5.39. The summed E-state index contributed by atoms with van der Waals surface area (Å²) in [6, 6.07) is 5.31. The number of carboxylic acid groups (broad SMARTS) is 1. The Labute approximate surface area is 145 Å². The fourth-order valence-electron chi connectivity index (χ4n) is 2.47. The molecule has 0 spiro atoms. The first-order valence-electron chi connectivity index (χ1n) is 7.39. The molecule has 0 saturated carbocycles. The second-order valence-corrected chi connectivity index (χ2v) is 7.40. The van der Waals surface area contributed by atoms with Crippen LogP contribution in [0.25, 0.3) is 10.8 Å². The third kappa shape index (κ3) is 3.62. The molecule has 0 unspecified atom stereocenters. The monoisotopic (exact) mass is 366 g/mol. The first-order chi connectivity index (χ1) is 11.7. The molecule has 0 fully saturated rings. The molecule has 134 valence electrons. The second-order valence-electron chi connectivity index (χ2n) is 5.54. The summed E-state index contributed by atoms with van der Waals surface area (Å²) in [5, 5.41) is 9.61. The highest BCUT2D eigenvalue weighted by molar-refractivity contribution is 7.89. The molecular formula is C16H18N2O6S. The van der Waals surface area contributed by atoms with Crippen molar-refractivity contribution in [3.8, 4) is 0 Å². The van der Waals surface area contributed by atoms with Crippen LogP contribution in [-0.2, 0) is 19.6 Å². The molecule has 9 heteroatoms. The number of benzene rings is 1. The molecule has 25 heavy (non-hydrogen) atoms. The molecule has 0 aliphatic heterocycles. The molecule has 0 amide bonds. The van der Waals surface area contributed by atoms with Crippen molar-refractivity contribution in [3.05, 3.63) is 36.2 Å².